The van der Waals surface area contributed by atoms with Crippen LogP contribution in [0.2, 0.25) is 0 Å². The monoisotopic (exact) mass is 346 g/mol. The molecule has 136 valence electrons. The van der Waals surface area contributed by atoms with Gasteiger partial charge in [-0.15, -0.1) is 0 Å². The zero-order valence-corrected chi connectivity index (χ0v) is 14.5. The summed E-state index contributed by atoms with van der Waals surface area (Å²) in [5.41, 5.74) is -1.07. The molecule has 2 aliphatic carbocycles. The fourth-order valence-electron chi connectivity index (χ4n) is 3.97. The second-order valence-electron chi connectivity index (χ2n) is 7.19. The Balaban J connectivity index is 1.81. The number of hydrogen-bond acceptors (Lipinski definition) is 4. The number of amides is 1. The lowest BCUT2D eigenvalue weighted by molar-refractivity contribution is -0.386. The van der Waals surface area contributed by atoms with Crippen LogP contribution in [0, 0.1) is 10.1 Å². The van der Waals surface area contributed by atoms with Gasteiger partial charge in [0.15, 0.2) is 11.4 Å². The number of hydrogen-bond donors (Lipinski definition) is 1. The number of nitrogens with zero attached hydrogens (tertiary/aromatic N) is 1. The van der Waals surface area contributed by atoms with Crippen LogP contribution < -0.4 is 10.1 Å². The van der Waals surface area contributed by atoms with Crippen molar-refractivity contribution in [3.63, 3.8) is 0 Å². The number of ether oxygens (including phenoxy) is 1. The quantitative estimate of drug-likeness (QED) is 0.642. The van der Waals surface area contributed by atoms with Crippen LogP contribution in [0.4, 0.5) is 5.69 Å². The Morgan fingerprint density at radius 2 is 1.72 bits per heavy atom. The summed E-state index contributed by atoms with van der Waals surface area (Å²) < 4.78 is 6.09. The van der Waals surface area contributed by atoms with Gasteiger partial charge in [-0.1, -0.05) is 37.8 Å². The number of nitrogens with one attached hydrogen (secondary N) is 1. The fraction of sp³-hybridized carbons (Fsp3) is 0.632. The molecule has 6 nitrogen and oxygen atoms in total. The number of carbonyl (C=O) groups excluding carboxylic acids is 1. The third kappa shape index (κ3) is 4.11. The van der Waals surface area contributed by atoms with Gasteiger partial charge in [-0.25, -0.2) is 0 Å². The van der Waals surface area contributed by atoms with Crippen molar-refractivity contribution in [2.45, 2.75) is 75.9 Å². The Bertz CT molecular complexity index is 620. The average Bonchev–Trinajstić information content (AvgIpc) is 2.63. The van der Waals surface area contributed by atoms with E-state index in [-0.39, 0.29) is 23.4 Å². The van der Waals surface area contributed by atoms with Gasteiger partial charge >= 0.3 is 5.69 Å². The molecule has 1 aromatic rings. The Morgan fingerprint density at radius 3 is 2.40 bits per heavy atom. The van der Waals surface area contributed by atoms with Gasteiger partial charge in [0.1, 0.15) is 0 Å². The molecule has 1 aromatic carbocycles. The molecule has 2 aliphatic rings. The standard InChI is InChI=1S/C19H26N2O4/c22-18(20-15-9-3-1-4-10-15)19(13-7-2-8-14-19)25-17-12-6-5-11-16(17)21(23)24/h5-6,11-12,15H,1-4,7-10,13-14H2,(H,20,22). The van der Waals surface area contributed by atoms with Gasteiger partial charge in [-0.05, 0) is 44.6 Å². The highest BCUT2D eigenvalue weighted by atomic mass is 16.6. The highest BCUT2D eigenvalue weighted by molar-refractivity contribution is 5.86. The van der Waals surface area contributed by atoms with E-state index in [1.54, 1.807) is 18.2 Å². The first-order chi connectivity index (χ1) is 12.1. The highest BCUT2D eigenvalue weighted by Crippen LogP contribution is 2.37. The molecular formula is C19H26N2O4. The molecule has 0 spiro atoms. The van der Waals surface area contributed by atoms with E-state index in [4.69, 9.17) is 4.74 Å². The number of carbonyl (C=O) groups is 1. The predicted octanol–water partition coefficient (Wildman–Crippen LogP) is 4.13. The summed E-state index contributed by atoms with van der Waals surface area (Å²) in [6, 6.07) is 6.53. The summed E-state index contributed by atoms with van der Waals surface area (Å²) in [5, 5.41) is 14.4. The van der Waals surface area contributed by atoms with Crippen molar-refractivity contribution in [2.24, 2.45) is 0 Å². The van der Waals surface area contributed by atoms with Gasteiger partial charge in [0, 0.05) is 12.1 Å². The zero-order valence-electron chi connectivity index (χ0n) is 14.5. The minimum atomic E-state index is -0.984. The molecule has 0 saturated heterocycles. The Labute approximate surface area is 148 Å². The third-order valence-electron chi connectivity index (χ3n) is 5.38. The van der Waals surface area contributed by atoms with E-state index in [1.807, 2.05) is 0 Å². The van der Waals surface area contributed by atoms with E-state index in [0.29, 0.717) is 12.8 Å². The molecule has 2 fully saturated rings. The van der Waals surface area contributed by atoms with E-state index in [0.717, 1.165) is 44.9 Å². The summed E-state index contributed by atoms with van der Waals surface area (Å²) in [6.45, 7) is 0. The molecule has 0 aromatic heterocycles. The molecule has 25 heavy (non-hydrogen) atoms. The topological polar surface area (TPSA) is 81.5 Å². The Morgan fingerprint density at radius 1 is 1.08 bits per heavy atom. The van der Waals surface area contributed by atoms with Crippen molar-refractivity contribution in [3.8, 4) is 5.75 Å². The van der Waals surface area contributed by atoms with Gasteiger partial charge in [-0.3, -0.25) is 14.9 Å². The number of rotatable bonds is 5. The molecule has 1 amide bonds. The fourth-order valence-corrected chi connectivity index (χ4v) is 3.97. The molecule has 0 unspecified atom stereocenters. The lowest BCUT2D eigenvalue weighted by atomic mass is 9.83. The normalized spacial score (nSPS) is 20.6. The molecule has 0 heterocycles. The van der Waals surface area contributed by atoms with Gasteiger partial charge in [0.25, 0.3) is 5.91 Å². The first-order valence-corrected chi connectivity index (χ1v) is 9.34. The smallest absolute Gasteiger partial charge is 0.310 e. The van der Waals surface area contributed by atoms with Crippen LogP contribution >= 0.6 is 0 Å². The molecule has 0 bridgehead atoms. The van der Waals surface area contributed by atoms with Crippen molar-refractivity contribution in [1.29, 1.82) is 0 Å². The van der Waals surface area contributed by atoms with Crippen molar-refractivity contribution in [2.75, 3.05) is 0 Å². The SMILES string of the molecule is O=C(NC1CCCCC1)C1(Oc2ccccc2[N+](=O)[O-])CCCCC1. The van der Waals surface area contributed by atoms with Crippen LogP contribution in [0.1, 0.15) is 64.2 Å². The maximum atomic E-state index is 13.1. The second kappa shape index (κ2) is 7.85. The number of para-hydroxylation sites is 2. The van der Waals surface area contributed by atoms with Gasteiger partial charge in [0.05, 0.1) is 4.92 Å². The first-order valence-electron chi connectivity index (χ1n) is 9.34. The van der Waals surface area contributed by atoms with Gasteiger partial charge in [0.2, 0.25) is 0 Å². The molecule has 0 atom stereocenters. The van der Waals surface area contributed by atoms with Crippen LogP contribution in [-0.4, -0.2) is 22.5 Å². The van der Waals surface area contributed by atoms with Crippen molar-refractivity contribution < 1.29 is 14.5 Å². The molecule has 1 N–H and O–H groups in total. The highest BCUT2D eigenvalue weighted by Gasteiger charge is 2.43. The second-order valence-corrected chi connectivity index (χ2v) is 7.19. The number of benzene rings is 1. The van der Waals surface area contributed by atoms with E-state index in [9.17, 15) is 14.9 Å². The molecule has 2 saturated carbocycles. The van der Waals surface area contributed by atoms with Crippen LogP contribution in [0.3, 0.4) is 0 Å². The summed E-state index contributed by atoms with van der Waals surface area (Å²) >= 11 is 0. The lowest BCUT2D eigenvalue weighted by Crippen LogP contribution is -2.55. The van der Waals surface area contributed by atoms with E-state index < -0.39 is 10.5 Å². The van der Waals surface area contributed by atoms with Crippen LogP contribution in [-0.2, 0) is 4.79 Å². The number of nitro groups is 1. The first kappa shape index (κ1) is 17.7. The minimum absolute atomic E-state index is 0.0853. The molecule has 6 heteroatoms. The molecule has 3 rings (SSSR count). The van der Waals surface area contributed by atoms with Gasteiger partial charge in [-0.2, -0.15) is 0 Å². The predicted molar refractivity (Wildman–Crippen MR) is 94.6 cm³/mol. The summed E-state index contributed by atoms with van der Waals surface area (Å²) in [7, 11) is 0. The number of nitro benzene ring substituents is 1. The van der Waals surface area contributed by atoms with Crippen molar-refractivity contribution >= 4 is 11.6 Å². The van der Waals surface area contributed by atoms with Crippen molar-refractivity contribution in [3.05, 3.63) is 34.4 Å². The van der Waals surface area contributed by atoms with Crippen LogP contribution in [0.15, 0.2) is 24.3 Å². The van der Waals surface area contributed by atoms with Crippen molar-refractivity contribution in [1.82, 2.24) is 5.32 Å². The Hall–Kier alpha value is -2.11. The van der Waals surface area contributed by atoms with E-state index in [1.165, 1.54) is 12.5 Å². The largest absolute Gasteiger partial charge is 0.470 e. The molecule has 0 aliphatic heterocycles. The van der Waals surface area contributed by atoms with E-state index >= 15 is 0 Å². The van der Waals surface area contributed by atoms with E-state index in [2.05, 4.69) is 5.32 Å². The third-order valence-corrected chi connectivity index (χ3v) is 5.38. The van der Waals surface area contributed by atoms with Crippen LogP contribution in [0.25, 0.3) is 0 Å². The lowest BCUT2D eigenvalue weighted by Gasteiger charge is -2.37. The average molecular weight is 346 g/mol. The summed E-state index contributed by atoms with van der Waals surface area (Å²) in [4.78, 5) is 23.9. The van der Waals surface area contributed by atoms with Crippen LogP contribution in [0.5, 0.6) is 5.75 Å². The maximum Gasteiger partial charge on any atom is 0.310 e. The zero-order chi connectivity index (χ0) is 17.7. The summed E-state index contributed by atoms with van der Waals surface area (Å²) in [6.07, 6.45) is 9.61. The maximum absolute atomic E-state index is 13.1. The molecular weight excluding hydrogens is 320 g/mol. The molecule has 0 radical (unpaired) electrons. The Kier molecular flexibility index (Phi) is 5.56. The van der Waals surface area contributed by atoms with Gasteiger partial charge < -0.3 is 10.1 Å². The summed E-state index contributed by atoms with van der Waals surface area (Å²) in [5.74, 6) is 0.0884. The minimum Gasteiger partial charge on any atom is -0.470 e.